The van der Waals surface area contributed by atoms with Crippen molar-refractivity contribution in [2.75, 3.05) is 11.4 Å². The minimum Gasteiger partial charge on any atom is -0.436 e. The number of nitro groups is 1. The molecule has 0 radical (unpaired) electrons. The Morgan fingerprint density at radius 2 is 2.12 bits per heavy atom. The van der Waals surface area contributed by atoms with E-state index in [4.69, 9.17) is 4.74 Å². The summed E-state index contributed by atoms with van der Waals surface area (Å²) < 4.78 is 35.5. The van der Waals surface area contributed by atoms with Crippen molar-refractivity contribution in [3.8, 4) is 6.01 Å². The molecule has 130 valence electrons. The lowest BCUT2D eigenvalue weighted by molar-refractivity contribution is -0.389. The summed E-state index contributed by atoms with van der Waals surface area (Å²) in [4.78, 5) is 27.0. The van der Waals surface area contributed by atoms with Gasteiger partial charge in [-0.15, -0.1) is 0 Å². The molecule has 8 nitrogen and oxygen atoms in total. The Balaban J connectivity index is 1.62. The first-order valence-corrected chi connectivity index (χ1v) is 7.41. The van der Waals surface area contributed by atoms with Crippen molar-refractivity contribution in [2.24, 2.45) is 0 Å². The molecule has 1 aromatic heterocycles. The number of alkyl halides is 2. The highest BCUT2D eigenvalue weighted by Crippen LogP contribution is 2.45. The summed E-state index contributed by atoms with van der Waals surface area (Å²) in [5, 5.41) is 10.7. The third-order valence-electron chi connectivity index (χ3n) is 4.30. The third-order valence-corrected chi connectivity index (χ3v) is 4.30. The number of fused-ring (bicyclic) bond motifs is 2. The van der Waals surface area contributed by atoms with Crippen LogP contribution in [0.2, 0.25) is 0 Å². The second kappa shape index (κ2) is 4.74. The molecule has 2 aliphatic heterocycles. The standard InChI is InChI=1S/C15H12F2N4O4/c1-14(7-19-6-11(21(23)24)18-13(19)25-14)8-20-10-5-3-2-4-9(10)15(16,17)12(20)22/h2-6H,7-8H2,1H3. The van der Waals surface area contributed by atoms with E-state index in [0.717, 1.165) is 4.90 Å². The zero-order valence-electron chi connectivity index (χ0n) is 13.0. The van der Waals surface area contributed by atoms with Gasteiger partial charge in [0.2, 0.25) is 0 Å². The van der Waals surface area contributed by atoms with Crippen molar-refractivity contribution in [1.29, 1.82) is 0 Å². The molecule has 2 aliphatic rings. The summed E-state index contributed by atoms with van der Waals surface area (Å²) in [6.45, 7) is 1.66. The average Bonchev–Trinajstić information content (AvgIpc) is 3.12. The van der Waals surface area contributed by atoms with Gasteiger partial charge in [0.15, 0.2) is 0 Å². The van der Waals surface area contributed by atoms with Crippen molar-refractivity contribution in [3.05, 3.63) is 46.1 Å². The SMILES string of the molecule is CC1(CN2C(=O)C(F)(F)c3ccccc32)Cn2cc([N+](=O)[O-])nc2O1. The van der Waals surface area contributed by atoms with Crippen LogP contribution < -0.4 is 9.64 Å². The highest BCUT2D eigenvalue weighted by Gasteiger charge is 2.55. The molecule has 1 amide bonds. The molecule has 3 heterocycles. The predicted molar refractivity (Wildman–Crippen MR) is 80.6 cm³/mol. The van der Waals surface area contributed by atoms with Crippen LogP contribution in [-0.4, -0.2) is 32.5 Å². The van der Waals surface area contributed by atoms with Gasteiger partial charge in [-0.2, -0.15) is 8.78 Å². The number of hydrogen-bond acceptors (Lipinski definition) is 5. The molecule has 0 N–H and O–H groups in total. The Labute approximate surface area is 139 Å². The van der Waals surface area contributed by atoms with E-state index in [-0.39, 0.29) is 36.2 Å². The number of hydrogen-bond donors (Lipinski definition) is 0. The van der Waals surface area contributed by atoms with Gasteiger partial charge >= 0.3 is 23.7 Å². The predicted octanol–water partition coefficient (Wildman–Crippen LogP) is 2.08. The molecule has 1 atom stereocenters. The molecule has 1 aromatic carbocycles. The van der Waals surface area contributed by atoms with Gasteiger partial charge in [-0.1, -0.05) is 18.2 Å². The summed E-state index contributed by atoms with van der Waals surface area (Å²) in [7, 11) is 0. The first-order valence-electron chi connectivity index (χ1n) is 7.41. The average molecular weight is 350 g/mol. The van der Waals surface area contributed by atoms with Crippen molar-refractivity contribution < 1.29 is 23.2 Å². The fourth-order valence-electron chi connectivity index (χ4n) is 3.22. The number of ether oxygens (including phenoxy) is 1. The van der Waals surface area contributed by atoms with Crippen molar-refractivity contribution in [3.63, 3.8) is 0 Å². The number of carbonyl (C=O) groups is 1. The van der Waals surface area contributed by atoms with Crippen LogP contribution in [-0.2, 0) is 17.3 Å². The monoisotopic (exact) mass is 350 g/mol. The molecule has 4 rings (SSSR count). The number of aromatic nitrogens is 2. The number of imidazole rings is 1. The minimum absolute atomic E-state index is 0.0286. The van der Waals surface area contributed by atoms with Crippen molar-refractivity contribution in [1.82, 2.24) is 9.55 Å². The summed E-state index contributed by atoms with van der Waals surface area (Å²) in [5.41, 5.74) is -1.23. The smallest absolute Gasteiger partial charge is 0.415 e. The Bertz CT molecular complexity index is 887. The van der Waals surface area contributed by atoms with Crippen LogP contribution in [0.15, 0.2) is 30.5 Å². The second-order valence-electron chi connectivity index (χ2n) is 6.30. The van der Waals surface area contributed by atoms with Crippen LogP contribution in [0.3, 0.4) is 0 Å². The van der Waals surface area contributed by atoms with Crippen LogP contribution in [0.1, 0.15) is 12.5 Å². The van der Waals surface area contributed by atoms with E-state index in [2.05, 4.69) is 4.98 Å². The lowest BCUT2D eigenvalue weighted by Crippen LogP contribution is -2.48. The molecule has 0 bridgehead atoms. The Kier molecular flexibility index (Phi) is 2.94. The van der Waals surface area contributed by atoms with Crippen LogP contribution >= 0.6 is 0 Å². The fourth-order valence-corrected chi connectivity index (χ4v) is 3.22. The molecule has 25 heavy (non-hydrogen) atoms. The molecular formula is C15H12F2N4O4. The molecule has 0 spiro atoms. The van der Waals surface area contributed by atoms with Crippen LogP contribution in [0.25, 0.3) is 0 Å². The number of halogens is 2. The van der Waals surface area contributed by atoms with E-state index < -0.39 is 22.4 Å². The number of benzene rings is 1. The number of carbonyl (C=O) groups excluding carboxylic acids is 1. The normalized spacial score (nSPS) is 23.3. The van der Waals surface area contributed by atoms with Crippen LogP contribution in [0.4, 0.5) is 20.3 Å². The first-order chi connectivity index (χ1) is 11.7. The summed E-state index contributed by atoms with van der Waals surface area (Å²) >= 11 is 0. The lowest BCUT2D eigenvalue weighted by atomic mass is 10.1. The van der Waals surface area contributed by atoms with E-state index in [9.17, 15) is 23.7 Å². The molecule has 1 unspecified atom stereocenters. The molecule has 2 aromatic rings. The Hall–Kier alpha value is -3.04. The zero-order chi connectivity index (χ0) is 18.0. The van der Waals surface area contributed by atoms with Gasteiger partial charge in [-0.3, -0.25) is 9.36 Å². The highest BCUT2D eigenvalue weighted by molar-refractivity contribution is 6.05. The highest BCUT2D eigenvalue weighted by atomic mass is 19.3. The number of nitrogens with zero attached hydrogens (tertiary/aromatic N) is 4. The minimum atomic E-state index is -3.59. The molecule has 0 fully saturated rings. The second-order valence-corrected chi connectivity index (χ2v) is 6.30. The number of para-hydroxylation sites is 1. The van der Waals surface area contributed by atoms with Crippen molar-refractivity contribution >= 4 is 17.4 Å². The van der Waals surface area contributed by atoms with Gasteiger partial charge in [0, 0.05) is 4.98 Å². The van der Waals surface area contributed by atoms with E-state index in [1.54, 1.807) is 13.0 Å². The number of amides is 1. The Morgan fingerprint density at radius 3 is 2.80 bits per heavy atom. The zero-order valence-corrected chi connectivity index (χ0v) is 13.0. The lowest BCUT2D eigenvalue weighted by Gasteiger charge is -2.28. The maximum atomic E-state index is 14.2. The molecular weight excluding hydrogens is 338 g/mol. The maximum Gasteiger partial charge on any atom is 0.415 e. The van der Waals surface area contributed by atoms with E-state index in [1.165, 1.54) is 29.0 Å². The van der Waals surface area contributed by atoms with Crippen LogP contribution in [0.5, 0.6) is 6.01 Å². The maximum absolute atomic E-state index is 14.2. The van der Waals surface area contributed by atoms with Gasteiger partial charge in [-0.05, 0) is 17.9 Å². The molecule has 0 saturated heterocycles. The van der Waals surface area contributed by atoms with E-state index >= 15 is 0 Å². The summed E-state index contributed by atoms with van der Waals surface area (Å²) in [6, 6.07) is 5.73. The fraction of sp³-hybridized carbons (Fsp3) is 0.333. The topological polar surface area (TPSA) is 90.5 Å². The Morgan fingerprint density at radius 1 is 1.40 bits per heavy atom. The first kappa shape index (κ1) is 15.5. The summed E-state index contributed by atoms with van der Waals surface area (Å²) in [5.74, 6) is -5.25. The molecule has 0 aliphatic carbocycles. The van der Waals surface area contributed by atoms with Gasteiger partial charge < -0.3 is 19.8 Å². The van der Waals surface area contributed by atoms with E-state index in [0.29, 0.717) is 0 Å². The van der Waals surface area contributed by atoms with Gasteiger partial charge in [-0.25, -0.2) is 0 Å². The summed E-state index contributed by atoms with van der Waals surface area (Å²) in [6.07, 6.45) is 1.22. The van der Waals surface area contributed by atoms with Crippen LogP contribution in [0, 0.1) is 10.1 Å². The molecule has 0 saturated carbocycles. The third kappa shape index (κ3) is 2.17. The number of rotatable bonds is 3. The quantitative estimate of drug-likeness (QED) is 0.624. The molecule has 10 heteroatoms. The van der Waals surface area contributed by atoms with Gasteiger partial charge in [0.1, 0.15) is 11.8 Å². The van der Waals surface area contributed by atoms with Gasteiger partial charge in [0.05, 0.1) is 24.3 Å². The van der Waals surface area contributed by atoms with Crippen molar-refractivity contribution in [2.45, 2.75) is 25.0 Å². The number of anilines is 1. The largest absolute Gasteiger partial charge is 0.436 e. The van der Waals surface area contributed by atoms with Gasteiger partial charge in [0.25, 0.3) is 0 Å². The van der Waals surface area contributed by atoms with E-state index in [1.807, 2.05) is 0 Å².